The molecule has 0 spiro atoms. The number of hydrogen-bond acceptors (Lipinski definition) is 2. The first-order valence-corrected chi connectivity index (χ1v) is 8.74. The van der Waals surface area contributed by atoms with Crippen LogP contribution in [0.25, 0.3) is 0 Å². The highest BCUT2D eigenvalue weighted by Gasteiger charge is 2.33. The minimum atomic E-state index is -1.15. The molecule has 2 aliphatic rings. The first kappa shape index (κ1) is 17.0. The normalized spacial score (nSPS) is 22.0. The van der Waals surface area contributed by atoms with Crippen LogP contribution < -0.4 is 0 Å². The fourth-order valence-corrected chi connectivity index (χ4v) is 4.45. The Labute approximate surface area is 132 Å². The van der Waals surface area contributed by atoms with Crippen molar-refractivity contribution in [1.29, 1.82) is 0 Å². The molecular formula is C18H28O4. The number of carboxylic acid groups (broad SMARTS) is 2. The maximum Gasteiger partial charge on any atom is 0.331 e. The molecule has 0 aromatic rings. The smallest absolute Gasteiger partial charge is 0.331 e. The standard InChI is InChI=1S/C18H28O4/c19-17(20)12-15(18(21)22)11-16(13-7-3-1-4-8-13)14-9-5-2-6-10-14/h12-14,16H,1-11H2,(H,19,20)(H,21,22)/b15-12-. The molecule has 0 atom stereocenters. The van der Waals surface area contributed by atoms with Crippen molar-refractivity contribution < 1.29 is 19.8 Å². The molecule has 2 fully saturated rings. The van der Waals surface area contributed by atoms with Gasteiger partial charge in [0.15, 0.2) is 0 Å². The molecule has 0 bridgehead atoms. The second kappa shape index (κ2) is 8.35. The largest absolute Gasteiger partial charge is 0.478 e. The predicted octanol–water partition coefficient (Wildman–Crippen LogP) is 4.25. The third-order valence-electron chi connectivity index (χ3n) is 5.54. The molecule has 0 aromatic heterocycles. The van der Waals surface area contributed by atoms with Gasteiger partial charge >= 0.3 is 11.9 Å². The van der Waals surface area contributed by atoms with Gasteiger partial charge in [0.05, 0.1) is 0 Å². The number of carbonyl (C=O) groups is 2. The third-order valence-corrected chi connectivity index (χ3v) is 5.54. The van der Waals surface area contributed by atoms with Crippen LogP contribution in [-0.4, -0.2) is 22.2 Å². The lowest BCUT2D eigenvalue weighted by molar-refractivity contribution is -0.135. The van der Waals surface area contributed by atoms with Crippen LogP contribution in [-0.2, 0) is 9.59 Å². The Hall–Kier alpha value is -1.32. The summed E-state index contributed by atoms with van der Waals surface area (Å²) in [7, 11) is 0. The average molecular weight is 308 g/mol. The first-order valence-electron chi connectivity index (χ1n) is 8.74. The molecule has 0 radical (unpaired) electrons. The zero-order chi connectivity index (χ0) is 15.9. The van der Waals surface area contributed by atoms with Crippen LogP contribution >= 0.6 is 0 Å². The van der Waals surface area contributed by atoms with Crippen molar-refractivity contribution in [2.75, 3.05) is 0 Å². The van der Waals surface area contributed by atoms with Crippen LogP contribution in [0.2, 0.25) is 0 Å². The van der Waals surface area contributed by atoms with Gasteiger partial charge in [0, 0.05) is 11.6 Å². The van der Waals surface area contributed by atoms with Gasteiger partial charge in [-0.1, -0.05) is 64.2 Å². The van der Waals surface area contributed by atoms with Gasteiger partial charge < -0.3 is 10.2 Å². The van der Waals surface area contributed by atoms with Crippen LogP contribution in [0.3, 0.4) is 0 Å². The van der Waals surface area contributed by atoms with Crippen molar-refractivity contribution >= 4 is 11.9 Å². The van der Waals surface area contributed by atoms with Crippen LogP contribution in [0, 0.1) is 17.8 Å². The van der Waals surface area contributed by atoms with Gasteiger partial charge in [-0.2, -0.15) is 0 Å². The highest BCUT2D eigenvalue weighted by molar-refractivity contribution is 5.94. The topological polar surface area (TPSA) is 74.6 Å². The lowest BCUT2D eigenvalue weighted by Crippen LogP contribution is -2.28. The summed E-state index contributed by atoms with van der Waals surface area (Å²) < 4.78 is 0. The first-order chi connectivity index (χ1) is 10.6. The molecule has 2 N–H and O–H groups in total. The van der Waals surface area contributed by atoms with Crippen LogP contribution in [0.5, 0.6) is 0 Å². The third kappa shape index (κ3) is 4.85. The molecule has 0 aromatic carbocycles. The molecule has 0 heterocycles. The van der Waals surface area contributed by atoms with E-state index in [0.717, 1.165) is 6.08 Å². The summed E-state index contributed by atoms with van der Waals surface area (Å²) in [6, 6.07) is 0. The minimum Gasteiger partial charge on any atom is -0.478 e. The van der Waals surface area contributed by atoms with Crippen LogP contribution in [0.15, 0.2) is 11.6 Å². The summed E-state index contributed by atoms with van der Waals surface area (Å²) in [6.45, 7) is 0. The summed E-state index contributed by atoms with van der Waals surface area (Å²) >= 11 is 0. The second-order valence-electron chi connectivity index (χ2n) is 6.98. The molecule has 4 heteroatoms. The number of carboxylic acids is 2. The van der Waals surface area contributed by atoms with Crippen LogP contribution in [0.1, 0.15) is 70.6 Å². The summed E-state index contributed by atoms with van der Waals surface area (Å²) in [5.41, 5.74) is 0.0775. The molecule has 2 aliphatic carbocycles. The van der Waals surface area contributed by atoms with Gasteiger partial charge in [-0.25, -0.2) is 9.59 Å². The van der Waals surface area contributed by atoms with Gasteiger partial charge in [-0.15, -0.1) is 0 Å². The van der Waals surface area contributed by atoms with E-state index < -0.39 is 11.9 Å². The van der Waals surface area contributed by atoms with E-state index in [9.17, 15) is 14.7 Å². The van der Waals surface area contributed by atoms with Crippen molar-refractivity contribution in [3.63, 3.8) is 0 Å². The van der Waals surface area contributed by atoms with Gasteiger partial charge in [0.25, 0.3) is 0 Å². The average Bonchev–Trinajstić information content (AvgIpc) is 2.52. The number of rotatable bonds is 6. The second-order valence-corrected chi connectivity index (χ2v) is 6.98. The van der Waals surface area contributed by atoms with E-state index in [1.54, 1.807) is 0 Å². The van der Waals surface area contributed by atoms with Gasteiger partial charge in [0.2, 0.25) is 0 Å². The monoisotopic (exact) mass is 308 g/mol. The summed E-state index contributed by atoms with van der Waals surface area (Å²) in [4.78, 5) is 22.3. The Morgan fingerprint density at radius 3 is 1.68 bits per heavy atom. The molecule has 0 aliphatic heterocycles. The summed E-state index contributed by atoms with van der Waals surface area (Å²) in [5, 5.41) is 18.3. The van der Waals surface area contributed by atoms with E-state index in [0.29, 0.717) is 24.2 Å². The molecule has 2 saturated carbocycles. The van der Waals surface area contributed by atoms with Gasteiger partial charge in [-0.05, 0) is 24.2 Å². The molecule has 124 valence electrons. The van der Waals surface area contributed by atoms with Crippen molar-refractivity contribution in [2.24, 2.45) is 17.8 Å². The highest BCUT2D eigenvalue weighted by atomic mass is 16.4. The quantitative estimate of drug-likeness (QED) is 0.719. The summed E-state index contributed by atoms with van der Waals surface area (Å²) in [6.07, 6.45) is 13.6. The van der Waals surface area contributed by atoms with Gasteiger partial charge in [0.1, 0.15) is 0 Å². The lowest BCUT2D eigenvalue weighted by Gasteiger charge is -2.38. The SMILES string of the molecule is O=C(O)/C=C(/CC(C1CCCCC1)C1CCCCC1)C(=O)O. The molecule has 2 rings (SSSR count). The maximum absolute atomic E-state index is 11.4. The van der Waals surface area contributed by atoms with E-state index in [1.807, 2.05) is 0 Å². The van der Waals surface area contributed by atoms with Crippen molar-refractivity contribution in [3.8, 4) is 0 Å². The maximum atomic E-state index is 11.4. The molecule has 22 heavy (non-hydrogen) atoms. The molecule has 0 saturated heterocycles. The fraction of sp³-hybridized carbons (Fsp3) is 0.778. The highest BCUT2D eigenvalue weighted by Crippen LogP contribution is 2.42. The molecule has 0 unspecified atom stereocenters. The zero-order valence-electron chi connectivity index (χ0n) is 13.3. The van der Waals surface area contributed by atoms with Crippen molar-refractivity contribution in [3.05, 3.63) is 11.6 Å². The minimum absolute atomic E-state index is 0.0775. The molecular weight excluding hydrogens is 280 g/mol. The van der Waals surface area contributed by atoms with E-state index in [2.05, 4.69) is 0 Å². The molecule has 0 amide bonds. The molecule has 4 nitrogen and oxygen atoms in total. The van der Waals surface area contributed by atoms with Crippen molar-refractivity contribution in [2.45, 2.75) is 70.6 Å². The fourth-order valence-electron chi connectivity index (χ4n) is 4.45. The number of aliphatic carboxylic acids is 2. The Bertz CT molecular complexity index is 397. The van der Waals surface area contributed by atoms with E-state index in [-0.39, 0.29) is 5.57 Å². The summed E-state index contributed by atoms with van der Waals surface area (Å²) in [5.74, 6) is -0.716. The lowest BCUT2D eigenvalue weighted by atomic mass is 9.67. The number of hydrogen-bond donors (Lipinski definition) is 2. The Morgan fingerprint density at radius 1 is 0.864 bits per heavy atom. The Kier molecular flexibility index (Phi) is 6.47. The van der Waals surface area contributed by atoms with Crippen molar-refractivity contribution in [1.82, 2.24) is 0 Å². The van der Waals surface area contributed by atoms with Gasteiger partial charge in [-0.3, -0.25) is 0 Å². The predicted molar refractivity (Wildman–Crippen MR) is 84.6 cm³/mol. The van der Waals surface area contributed by atoms with E-state index in [4.69, 9.17) is 5.11 Å². The van der Waals surface area contributed by atoms with E-state index in [1.165, 1.54) is 64.2 Å². The van der Waals surface area contributed by atoms with E-state index >= 15 is 0 Å². The zero-order valence-corrected chi connectivity index (χ0v) is 13.3. The van der Waals surface area contributed by atoms with Crippen LogP contribution in [0.4, 0.5) is 0 Å². The Morgan fingerprint density at radius 2 is 1.32 bits per heavy atom. The Balaban J connectivity index is 2.14.